The van der Waals surface area contributed by atoms with E-state index in [2.05, 4.69) is 38.7 Å². The van der Waals surface area contributed by atoms with Crippen LogP contribution in [0.5, 0.6) is 0 Å². The molecule has 2 rings (SSSR count). The third kappa shape index (κ3) is 3.77. The number of aromatic nitrogens is 4. The lowest BCUT2D eigenvalue weighted by Crippen LogP contribution is -2.22. The second-order valence-corrected chi connectivity index (χ2v) is 4.08. The molecule has 0 aliphatic heterocycles. The van der Waals surface area contributed by atoms with E-state index in [-0.39, 0.29) is 0 Å². The molecule has 100 valence electrons. The van der Waals surface area contributed by atoms with Crippen LogP contribution in [0.4, 0.5) is 5.69 Å². The average molecular weight is 259 g/mol. The van der Waals surface area contributed by atoms with Gasteiger partial charge in [-0.1, -0.05) is 19.1 Å². The molecule has 0 spiro atoms. The summed E-state index contributed by atoms with van der Waals surface area (Å²) >= 11 is 0. The van der Waals surface area contributed by atoms with Gasteiger partial charge in [-0.05, 0) is 29.3 Å². The Morgan fingerprint density at radius 2 is 2.32 bits per heavy atom. The van der Waals surface area contributed by atoms with Gasteiger partial charge in [0.15, 0.2) is 11.8 Å². The Kier molecular flexibility index (Phi) is 4.07. The summed E-state index contributed by atoms with van der Waals surface area (Å²) in [7, 11) is 1.71. The van der Waals surface area contributed by atoms with E-state index in [9.17, 15) is 0 Å². The molecule has 0 saturated carbocycles. The molecule has 1 heterocycles. The number of nitrogens with zero attached hydrogens (tertiary/aromatic N) is 5. The molecule has 0 fully saturated rings. The van der Waals surface area contributed by atoms with Crippen LogP contribution in [0.2, 0.25) is 0 Å². The van der Waals surface area contributed by atoms with Crippen molar-refractivity contribution in [3.05, 3.63) is 35.7 Å². The number of nitrogens with two attached hydrogens (primary N) is 1. The summed E-state index contributed by atoms with van der Waals surface area (Å²) in [4.78, 5) is 5.55. The highest BCUT2D eigenvalue weighted by atomic mass is 15.6. The van der Waals surface area contributed by atoms with Crippen molar-refractivity contribution in [1.82, 2.24) is 20.2 Å². The van der Waals surface area contributed by atoms with Crippen LogP contribution in [0.15, 0.2) is 29.3 Å². The molecule has 0 amide bonds. The van der Waals surface area contributed by atoms with Crippen LogP contribution in [0.3, 0.4) is 0 Å². The van der Waals surface area contributed by atoms with Crippen LogP contribution in [0.25, 0.3) is 0 Å². The molecule has 3 N–H and O–H groups in total. The first-order chi connectivity index (χ1) is 9.17. The molecule has 19 heavy (non-hydrogen) atoms. The minimum atomic E-state index is 0.306. The minimum Gasteiger partial charge on any atom is -0.370 e. The second kappa shape index (κ2) is 5.94. The monoisotopic (exact) mass is 259 g/mol. The Hall–Kier alpha value is -2.44. The molecule has 0 aliphatic rings. The molecule has 0 radical (unpaired) electrons. The Labute approximate surface area is 111 Å². The maximum atomic E-state index is 5.81. The van der Waals surface area contributed by atoms with Crippen LogP contribution in [0, 0.1) is 0 Å². The Morgan fingerprint density at radius 3 is 3.00 bits per heavy atom. The molecule has 0 atom stereocenters. The predicted octanol–water partition coefficient (Wildman–Crippen LogP) is 0.699. The third-order valence-electron chi connectivity index (χ3n) is 2.55. The third-order valence-corrected chi connectivity index (χ3v) is 2.55. The highest BCUT2D eigenvalue weighted by Gasteiger charge is 2.00. The lowest BCUT2D eigenvalue weighted by atomic mass is 10.1. The van der Waals surface area contributed by atoms with Gasteiger partial charge in [0.1, 0.15) is 6.54 Å². The normalized spacial score (nSPS) is 11.6. The number of aryl methyl sites for hydroxylation is 2. The first-order valence-corrected chi connectivity index (χ1v) is 6.06. The van der Waals surface area contributed by atoms with E-state index < -0.39 is 0 Å². The van der Waals surface area contributed by atoms with Gasteiger partial charge in [-0.25, -0.2) is 4.99 Å². The van der Waals surface area contributed by atoms with Crippen LogP contribution >= 0.6 is 0 Å². The SMILES string of the molecule is CCc1cccc(NC(N)=NCc2nnn(C)n2)c1. The van der Waals surface area contributed by atoms with Gasteiger partial charge in [-0.3, -0.25) is 0 Å². The Balaban J connectivity index is 1.97. The Morgan fingerprint density at radius 1 is 1.47 bits per heavy atom. The van der Waals surface area contributed by atoms with Gasteiger partial charge in [-0.2, -0.15) is 4.80 Å². The number of benzene rings is 1. The van der Waals surface area contributed by atoms with Crippen molar-refractivity contribution in [2.24, 2.45) is 17.8 Å². The molecule has 2 aromatic rings. The molecule has 1 aromatic carbocycles. The van der Waals surface area contributed by atoms with Gasteiger partial charge in [0, 0.05) is 5.69 Å². The van der Waals surface area contributed by atoms with E-state index in [0.717, 1.165) is 12.1 Å². The molecule has 7 nitrogen and oxygen atoms in total. The van der Waals surface area contributed by atoms with Crippen molar-refractivity contribution >= 4 is 11.6 Å². The van der Waals surface area contributed by atoms with Crippen LogP contribution in [-0.2, 0) is 20.0 Å². The number of anilines is 1. The largest absolute Gasteiger partial charge is 0.370 e. The molecular formula is C12H17N7. The number of aliphatic imine (C=N–C) groups is 1. The minimum absolute atomic E-state index is 0.306. The number of guanidine groups is 1. The van der Waals surface area contributed by atoms with Gasteiger partial charge in [0.2, 0.25) is 0 Å². The van der Waals surface area contributed by atoms with Gasteiger partial charge in [0.05, 0.1) is 7.05 Å². The number of hydrogen-bond acceptors (Lipinski definition) is 4. The average Bonchev–Trinajstić information content (AvgIpc) is 2.82. The zero-order valence-corrected chi connectivity index (χ0v) is 11.0. The van der Waals surface area contributed by atoms with E-state index in [1.807, 2.05) is 18.2 Å². The summed E-state index contributed by atoms with van der Waals surface area (Å²) in [6.07, 6.45) is 0.982. The highest BCUT2D eigenvalue weighted by Crippen LogP contribution is 2.10. The summed E-state index contributed by atoms with van der Waals surface area (Å²) < 4.78 is 0. The van der Waals surface area contributed by atoms with Crippen molar-refractivity contribution in [2.75, 3.05) is 5.32 Å². The maximum Gasteiger partial charge on any atom is 0.196 e. The maximum absolute atomic E-state index is 5.81. The lowest BCUT2D eigenvalue weighted by Gasteiger charge is -2.06. The fraction of sp³-hybridized carbons (Fsp3) is 0.333. The van der Waals surface area contributed by atoms with Gasteiger partial charge in [0.25, 0.3) is 0 Å². The van der Waals surface area contributed by atoms with Crippen LogP contribution < -0.4 is 11.1 Å². The highest BCUT2D eigenvalue weighted by molar-refractivity contribution is 5.92. The van der Waals surface area contributed by atoms with Crippen molar-refractivity contribution in [3.8, 4) is 0 Å². The predicted molar refractivity (Wildman–Crippen MR) is 73.6 cm³/mol. The molecular weight excluding hydrogens is 242 g/mol. The number of tetrazole rings is 1. The first-order valence-electron chi connectivity index (χ1n) is 6.06. The summed E-state index contributed by atoms with van der Waals surface area (Å²) in [5.41, 5.74) is 7.98. The standard InChI is InChI=1S/C12H17N7/c1-3-9-5-4-6-10(7-9)15-12(13)14-8-11-16-18-19(2)17-11/h4-7H,3,8H2,1-2H3,(H3,13,14,15). The number of rotatable bonds is 4. The second-order valence-electron chi connectivity index (χ2n) is 4.08. The zero-order chi connectivity index (χ0) is 13.7. The van der Waals surface area contributed by atoms with E-state index in [1.165, 1.54) is 10.4 Å². The molecule has 0 bridgehead atoms. The first kappa shape index (κ1) is 13.0. The number of nitrogens with one attached hydrogen (secondary N) is 1. The molecule has 1 aromatic heterocycles. The Bertz CT molecular complexity index is 573. The molecule has 0 aliphatic carbocycles. The summed E-state index contributed by atoms with van der Waals surface area (Å²) in [5, 5.41) is 14.6. The van der Waals surface area contributed by atoms with Gasteiger partial charge in [-0.15, -0.1) is 10.2 Å². The molecule has 0 saturated heterocycles. The molecule has 0 unspecified atom stereocenters. The zero-order valence-electron chi connectivity index (χ0n) is 11.0. The summed E-state index contributed by atoms with van der Waals surface area (Å²) in [6.45, 7) is 2.41. The molecule has 7 heteroatoms. The van der Waals surface area contributed by atoms with Crippen LogP contribution in [-0.4, -0.2) is 26.2 Å². The summed E-state index contributed by atoms with van der Waals surface area (Å²) in [6, 6.07) is 8.05. The number of hydrogen-bond donors (Lipinski definition) is 2. The van der Waals surface area contributed by atoms with E-state index in [4.69, 9.17) is 5.73 Å². The van der Waals surface area contributed by atoms with Crippen molar-refractivity contribution in [2.45, 2.75) is 19.9 Å². The van der Waals surface area contributed by atoms with E-state index >= 15 is 0 Å². The van der Waals surface area contributed by atoms with Crippen molar-refractivity contribution < 1.29 is 0 Å². The van der Waals surface area contributed by atoms with E-state index in [1.54, 1.807) is 7.05 Å². The van der Waals surface area contributed by atoms with Gasteiger partial charge >= 0.3 is 0 Å². The van der Waals surface area contributed by atoms with Crippen molar-refractivity contribution in [3.63, 3.8) is 0 Å². The fourth-order valence-electron chi connectivity index (χ4n) is 1.60. The fourth-order valence-corrected chi connectivity index (χ4v) is 1.60. The van der Waals surface area contributed by atoms with Crippen LogP contribution in [0.1, 0.15) is 18.3 Å². The van der Waals surface area contributed by atoms with Crippen molar-refractivity contribution in [1.29, 1.82) is 0 Å². The smallest absolute Gasteiger partial charge is 0.196 e. The van der Waals surface area contributed by atoms with E-state index in [0.29, 0.717) is 18.3 Å². The van der Waals surface area contributed by atoms with Gasteiger partial charge < -0.3 is 11.1 Å². The summed E-state index contributed by atoms with van der Waals surface area (Å²) in [5.74, 6) is 0.871. The quantitative estimate of drug-likeness (QED) is 0.622. The lowest BCUT2D eigenvalue weighted by molar-refractivity contribution is 0.627. The topological polar surface area (TPSA) is 94.0 Å².